The van der Waals surface area contributed by atoms with Crippen molar-refractivity contribution in [2.24, 2.45) is 0 Å². The number of nitrogens with one attached hydrogen (secondary N) is 2. The zero-order valence-electron chi connectivity index (χ0n) is 12.5. The average molecular weight is 307 g/mol. The molecule has 0 saturated heterocycles. The molecular formula is C17H17N5O. The first-order chi connectivity index (χ1) is 11.3. The lowest BCUT2D eigenvalue weighted by Crippen LogP contribution is -2.28. The van der Waals surface area contributed by atoms with E-state index in [2.05, 4.69) is 32.7 Å². The van der Waals surface area contributed by atoms with E-state index in [9.17, 15) is 4.79 Å². The minimum atomic E-state index is -0.252. The van der Waals surface area contributed by atoms with Crippen LogP contribution in [0.3, 0.4) is 0 Å². The maximum absolute atomic E-state index is 11.9. The molecule has 116 valence electrons. The summed E-state index contributed by atoms with van der Waals surface area (Å²) in [6.07, 6.45) is 8.73. The highest BCUT2D eigenvalue weighted by Gasteiger charge is 2.02. The van der Waals surface area contributed by atoms with Crippen molar-refractivity contribution in [3.8, 4) is 0 Å². The second-order valence-electron chi connectivity index (χ2n) is 5.10. The highest BCUT2D eigenvalue weighted by atomic mass is 16.2. The van der Waals surface area contributed by atoms with Crippen molar-refractivity contribution in [2.45, 2.75) is 13.1 Å². The zero-order valence-corrected chi connectivity index (χ0v) is 12.5. The number of hydrogen-bond donors (Lipinski definition) is 2. The van der Waals surface area contributed by atoms with Gasteiger partial charge in [-0.05, 0) is 23.3 Å². The molecule has 0 aliphatic heterocycles. The smallest absolute Gasteiger partial charge is 0.319 e. The number of hydrogen-bond acceptors (Lipinski definition) is 3. The summed E-state index contributed by atoms with van der Waals surface area (Å²) in [6, 6.07) is 11.4. The Kier molecular flexibility index (Phi) is 4.63. The van der Waals surface area contributed by atoms with Crippen molar-refractivity contribution >= 4 is 11.7 Å². The van der Waals surface area contributed by atoms with Crippen LogP contribution in [0.5, 0.6) is 0 Å². The largest absolute Gasteiger partial charge is 0.334 e. The number of pyridine rings is 1. The van der Waals surface area contributed by atoms with Crippen molar-refractivity contribution < 1.29 is 4.79 Å². The van der Waals surface area contributed by atoms with Gasteiger partial charge in [0, 0.05) is 31.7 Å². The van der Waals surface area contributed by atoms with E-state index in [0.29, 0.717) is 12.2 Å². The van der Waals surface area contributed by atoms with Gasteiger partial charge in [0.15, 0.2) is 0 Å². The van der Waals surface area contributed by atoms with Crippen LogP contribution in [0.25, 0.3) is 0 Å². The van der Waals surface area contributed by atoms with Crippen molar-refractivity contribution in [2.75, 3.05) is 5.32 Å². The van der Waals surface area contributed by atoms with Gasteiger partial charge in [-0.2, -0.15) is 0 Å². The van der Waals surface area contributed by atoms with Gasteiger partial charge < -0.3 is 15.2 Å². The third-order valence-corrected chi connectivity index (χ3v) is 3.29. The molecule has 1 aromatic carbocycles. The fourth-order valence-electron chi connectivity index (χ4n) is 2.22. The molecule has 6 heteroatoms. The molecule has 0 atom stereocenters. The Morgan fingerprint density at radius 3 is 2.78 bits per heavy atom. The number of nitrogens with zero attached hydrogens (tertiary/aromatic N) is 3. The second-order valence-corrected chi connectivity index (χ2v) is 5.10. The van der Waals surface area contributed by atoms with Gasteiger partial charge in [0.2, 0.25) is 0 Å². The van der Waals surface area contributed by atoms with Crippen LogP contribution >= 0.6 is 0 Å². The van der Waals surface area contributed by atoms with Gasteiger partial charge in [-0.3, -0.25) is 4.98 Å². The van der Waals surface area contributed by atoms with Crippen molar-refractivity contribution in [3.05, 3.63) is 78.6 Å². The number of urea groups is 1. The van der Waals surface area contributed by atoms with Gasteiger partial charge in [0.25, 0.3) is 0 Å². The second kappa shape index (κ2) is 7.22. The summed E-state index contributed by atoms with van der Waals surface area (Å²) in [7, 11) is 0. The predicted molar refractivity (Wildman–Crippen MR) is 87.9 cm³/mol. The number of benzene rings is 1. The number of anilines is 1. The summed E-state index contributed by atoms with van der Waals surface area (Å²) in [5.74, 6) is 0. The van der Waals surface area contributed by atoms with E-state index in [1.165, 1.54) is 0 Å². The van der Waals surface area contributed by atoms with Crippen molar-refractivity contribution in [1.29, 1.82) is 0 Å². The van der Waals surface area contributed by atoms with Gasteiger partial charge in [-0.25, -0.2) is 9.78 Å². The van der Waals surface area contributed by atoms with Crippen LogP contribution in [-0.4, -0.2) is 20.6 Å². The minimum Gasteiger partial charge on any atom is -0.334 e. The Morgan fingerprint density at radius 2 is 2.00 bits per heavy atom. The van der Waals surface area contributed by atoms with Crippen molar-refractivity contribution in [1.82, 2.24) is 19.9 Å². The first-order valence-electron chi connectivity index (χ1n) is 7.28. The molecule has 2 amide bonds. The summed E-state index contributed by atoms with van der Waals surface area (Å²) < 4.78 is 2.00. The number of imidazole rings is 1. The molecular weight excluding hydrogens is 290 g/mol. The van der Waals surface area contributed by atoms with Gasteiger partial charge in [-0.1, -0.05) is 24.3 Å². The molecule has 0 unspecified atom stereocenters. The molecule has 3 aromatic rings. The molecule has 2 heterocycles. The molecule has 0 bridgehead atoms. The normalized spacial score (nSPS) is 10.3. The van der Waals surface area contributed by atoms with E-state index in [1.807, 2.05) is 22.9 Å². The topological polar surface area (TPSA) is 71.8 Å². The summed E-state index contributed by atoms with van der Waals surface area (Å²) >= 11 is 0. The third-order valence-electron chi connectivity index (χ3n) is 3.29. The van der Waals surface area contributed by atoms with Crippen LogP contribution in [0.15, 0.2) is 67.5 Å². The van der Waals surface area contributed by atoms with Crippen LogP contribution < -0.4 is 10.6 Å². The Labute approximate surface area is 134 Å². The maximum Gasteiger partial charge on any atom is 0.319 e. The van der Waals surface area contributed by atoms with Gasteiger partial charge in [0.05, 0.1) is 18.2 Å². The Balaban J connectivity index is 1.54. The summed E-state index contributed by atoms with van der Waals surface area (Å²) in [6.45, 7) is 1.22. The fourth-order valence-corrected chi connectivity index (χ4v) is 2.22. The van der Waals surface area contributed by atoms with Crippen LogP contribution in [0, 0.1) is 0 Å². The summed E-state index contributed by atoms with van der Waals surface area (Å²) in [4.78, 5) is 19.9. The number of amides is 2. The third kappa shape index (κ3) is 4.41. The molecule has 23 heavy (non-hydrogen) atoms. The Bertz CT molecular complexity index is 756. The molecule has 2 N–H and O–H groups in total. The highest BCUT2D eigenvalue weighted by Crippen LogP contribution is 2.08. The van der Waals surface area contributed by atoms with E-state index in [4.69, 9.17) is 0 Å². The maximum atomic E-state index is 11.9. The molecule has 0 radical (unpaired) electrons. The zero-order chi connectivity index (χ0) is 15.9. The quantitative estimate of drug-likeness (QED) is 0.761. The molecule has 2 aromatic heterocycles. The summed E-state index contributed by atoms with van der Waals surface area (Å²) in [5, 5.41) is 5.57. The molecule has 0 saturated carbocycles. The standard InChI is InChI=1S/C17H17N5O/c23-17(21-16-5-2-6-18-11-16)20-10-14-3-1-4-15(9-14)12-22-8-7-19-13-22/h1-9,11,13H,10,12H2,(H2,20,21,23). The fraction of sp³-hybridized carbons (Fsp3) is 0.118. The van der Waals surface area contributed by atoms with E-state index < -0.39 is 0 Å². The molecule has 3 rings (SSSR count). The van der Waals surface area contributed by atoms with Crippen molar-refractivity contribution in [3.63, 3.8) is 0 Å². The SMILES string of the molecule is O=C(NCc1cccc(Cn2ccnc2)c1)Nc1cccnc1. The number of carbonyl (C=O) groups excluding carboxylic acids is 1. The van der Waals surface area contributed by atoms with E-state index in [0.717, 1.165) is 17.7 Å². The van der Waals surface area contributed by atoms with Crippen LogP contribution in [0.2, 0.25) is 0 Å². The van der Waals surface area contributed by atoms with Gasteiger partial charge in [0.1, 0.15) is 0 Å². The molecule has 0 fully saturated rings. The molecule has 0 aliphatic carbocycles. The lowest BCUT2D eigenvalue weighted by molar-refractivity contribution is 0.251. The van der Waals surface area contributed by atoms with E-state index in [-0.39, 0.29) is 6.03 Å². The lowest BCUT2D eigenvalue weighted by Gasteiger charge is -2.09. The average Bonchev–Trinajstić information content (AvgIpc) is 3.07. The molecule has 0 aliphatic rings. The summed E-state index contributed by atoms with van der Waals surface area (Å²) in [5.41, 5.74) is 2.87. The van der Waals surface area contributed by atoms with Crippen LogP contribution in [0.1, 0.15) is 11.1 Å². The number of carbonyl (C=O) groups is 1. The minimum absolute atomic E-state index is 0.252. The first kappa shape index (κ1) is 14.8. The van der Waals surface area contributed by atoms with Crippen LogP contribution in [-0.2, 0) is 13.1 Å². The van der Waals surface area contributed by atoms with Gasteiger partial charge in [-0.15, -0.1) is 0 Å². The molecule has 6 nitrogen and oxygen atoms in total. The number of aromatic nitrogens is 3. The Morgan fingerprint density at radius 1 is 1.09 bits per heavy atom. The van der Waals surface area contributed by atoms with Gasteiger partial charge >= 0.3 is 6.03 Å². The lowest BCUT2D eigenvalue weighted by atomic mass is 10.1. The predicted octanol–water partition coefficient (Wildman–Crippen LogP) is 2.65. The number of rotatable bonds is 5. The highest BCUT2D eigenvalue weighted by molar-refractivity contribution is 5.88. The molecule has 0 spiro atoms. The Hall–Kier alpha value is -3.15. The van der Waals surface area contributed by atoms with E-state index in [1.54, 1.807) is 37.1 Å². The van der Waals surface area contributed by atoms with E-state index >= 15 is 0 Å². The first-order valence-corrected chi connectivity index (χ1v) is 7.28. The monoisotopic (exact) mass is 307 g/mol. The van der Waals surface area contributed by atoms with Crippen LogP contribution in [0.4, 0.5) is 10.5 Å².